The van der Waals surface area contributed by atoms with E-state index in [-0.39, 0.29) is 31.6 Å². The second-order valence-electron chi connectivity index (χ2n) is 9.75. The highest BCUT2D eigenvalue weighted by Gasteiger charge is 2.48. The SMILES string of the molecule is CC1(C(=O)O)CCCCN1C(=O)C1COCC1NC(=O)OCC1c2ccccc2-c2ccccc21. The summed E-state index contributed by atoms with van der Waals surface area (Å²) in [5.74, 6) is -2.01. The van der Waals surface area contributed by atoms with Gasteiger partial charge in [-0.1, -0.05) is 48.5 Å². The van der Waals surface area contributed by atoms with Crippen LogP contribution in [0, 0.1) is 5.92 Å². The third kappa shape index (κ3) is 4.16. The van der Waals surface area contributed by atoms with Crippen LogP contribution in [0.3, 0.4) is 0 Å². The van der Waals surface area contributed by atoms with Crippen LogP contribution in [0.1, 0.15) is 43.2 Å². The van der Waals surface area contributed by atoms with Crippen molar-refractivity contribution in [2.45, 2.75) is 43.7 Å². The van der Waals surface area contributed by atoms with Crippen molar-refractivity contribution in [1.82, 2.24) is 10.2 Å². The van der Waals surface area contributed by atoms with Gasteiger partial charge in [0.2, 0.25) is 5.91 Å². The predicted molar refractivity (Wildman–Crippen MR) is 128 cm³/mol. The molecule has 8 nitrogen and oxygen atoms in total. The van der Waals surface area contributed by atoms with Crippen LogP contribution in [0.5, 0.6) is 0 Å². The number of carboxylic acid groups (broad SMARTS) is 1. The molecule has 184 valence electrons. The average Bonchev–Trinajstić information content (AvgIpc) is 3.45. The second kappa shape index (κ2) is 9.34. The monoisotopic (exact) mass is 478 g/mol. The molecule has 8 heteroatoms. The molecule has 2 aliphatic heterocycles. The van der Waals surface area contributed by atoms with E-state index in [2.05, 4.69) is 29.6 Å². The first kappa shape index (κ1) is 23.4. The standard InChI is InChI=1S/C27H30N2O6/c1-27(25(31)32)12-6-7-13-29(27)24(30)22-14-34-16-23(22)28-26(33)35-15-21-19-10-4-2-8-17(19)18-9-3-5-11-20(18)21/h2-5,8-11,21-23H,6-7,12-16H2,1H3,(H,28,33)(H,31,32). The first-order valence-electron chi connectivity index (χ1n) is 12.1. The molecule has 0 spiro atoms. The molecular weight excluding hydrogens is 448 g/mol. The quantitative estimate of drug-likeness (QED) is 0.683. The summed E-state index contributed by atoms with van der Waals surface area (Å²) in [6.45, 7) is 2.47. The Kier molecular flexibility index (Phi) is 6.23. The molecule has 3 aliphatic rings. The summed E-state index contributed by atoms with van der Waals surface area (Å²) >= 11 is 0. The lowest BCUT2D eigenvalue weighted by Crippen LogP contribution is -2.60. The first-order valence-corrected chi connectivity index (χ1v) is 12.1. The smallest absolute Gasteiger partial charge is 0.407 e. The fourth-order valence-corrected chi connectivity index (χ4v) is 5.63. The summed E-state index contributed by atoms with van der Waals surface area (Å²) in [4.78, 5) is 39.5. The van der Waals surface area contributed by atoms with Crippen LogP contribution in [0.25, 0.3) is 11.1 Å². The number of nitrogens with one attached hydrogen (secondary N) is 1. The number of piperidine rings is 1. The number of fused-ring (bicyclic) bond motifs is 3. The van der Waals surface area contributed by atoms with E-state index in [4.69, 9.17) is 9.47 Å². The molecule has 1 aliphatic carbocycles. The molecule has 2 heterocycles. The van der Waals surface area contributed by atoms with Crippen LogP contribution in [0.15, 0.2) is 48.5 Å². The molecule has 0 saturated carbocycles. The van der Waals surface area contributed by atoms with Gasteiger partial charge in [-0.2, -0.15) is 0 Å². The lowest BCUT2D eigenvalue weighted by atomic mass is 9.86. The Morgan fingerprint density at radius 3 is 2.37 bits per heavy atom. The highest BCUT2D eigenvalue weighted by Crippen LogP contribution is 2.44. The Balaban J connectivity index is 1.24. The van der Waals surface area contributed by atoms with E-state index in [1.165, 1.54) is 4.90 Å². The van der Waals surface area contributed by atoms with E-state index in [1.54, 1.807) is 6.92 Å². The Hall–Kier alpha value is -3.39. The number of carbonyl (C=O) groups is 3. The number of ether oxygens (including phenoxy) is 2. The highest BCUT2D eigenvalue weighted by atomic mass is 16.5. The van der Waals surface area contributed by atoms with Crippen LogP contribution < -0.4 is 5.32 Å². The van der Waals surface area contributed by atoms with Gasteiger partial charge in [-0.25, -0.2) is 9.59 Å². The minimum absolute atomic E-state index is 0.0602. The van der Waals surface area contributed by atoms with Crippen LogP contribution in [0.4, 0.5) is 4.79 Å². The zero-order chi connectivity index (χ0) is 24.6. The molecular formula is C27H30N2O6. The fraction of sp³-hybridized carbons (Fsp3) is 0.444. The van der Waals surface area contributed by atoms with Gasteiger partial charge < -0.3 is 24.8 Å². The number of aliphatic carboxylic acids is 1. The maximum atomic E-state index is 13.3. The molecule has 2 fully saturated rings. The van der Waals surface area contributed by atoms with Gasteiger partial charge in [-0.05, 0) is 48.4 Å². The summed E-state index contributed by atoms with van der Waals surface area (Å²) in [6.07, 6.45) is 1.31. The number of benzene rings is 2. The van der Waals surface area contributed by atoms with Gasteiger partial charge in [-0.3, -0.25) is 4.79 Å². The number of hydrogen-bond donors (Lipinski definition) is 2. The minimum atomic E-state index is -1.24. The van der Waals surface area contributed by atoms with E-state index in [0.29, 0.717) is 13.0 Å². The van der Waals surface area contributed by atoms with E-state index in [9.17, 15) is 19.5 Å². The summed E-state index contributed by atoms with van der Waals surface area (Å²) in [5.41, 5.74) is 3.30. The van der Waals surface area contributed by atoms with E-state index in [0.717, 1.165) is 35.1 Å². The largest absolute Gasteiger partial charge is 0.480 e. The fourth-order valence-electron chi connectivity index (χ4n) is 5.63. The van der Waals surface area contributed by atoms with Crippen molar-refractivity contribution < 1.29 is 29.0 Å². The van der Waals surface area contributed by atoms with Crippen molar-refractivity contribution in [3.63, 3.8) is 0 Å². The Bertz CT molecular complexity index is 1100. The minimum Gasteiger partial charge on any atom is -0.480 e. The zero-order valence-electron chi connectivity index (χ0n) is 19.7. The summed E-state index contributed by atoms with van der Waals surface area (Å²) in [5, 5.41) is 12.6. The zero-order valence-corrected chi connectivity index (χ0v) is 19.7. The number of alkyl carbamates (subject to hydrolysis) is 1. The van der Waals surface area contributed by atoms with Gasteiger partial charge in [0.05, 0.1) is 25.2 Å². The highest BCUT2D eigenvalue weighted by molar-refractivity contribution is 5.89. The molecule has 2 aromatic rings. The molecule has 35 heavy (non-hydrogen) atoms. The molecule has 2 amide bonds. The van der Waals surface area contributed by atoms with Gasteiger partial charge in [0, 0.05) is 12.5 Å². The first-order chi connectivity index (χ1) is 16.9. The maximum Gasteiger partial charge on any atom is 0.407 e. The Morgan fingerprint density at radius 1 is 1.06 bits per heavy atom. The summed E-state index contributed by atoms with van der Waals surface area (Å²) in [6, 6.07) is 15.7. The molecule has 2 aromatic carbocycles. The van der Waals surface area contributed by atoms with Gasteiger partial charge in [-0.15, -0.1) is 0 Å². The van der Waals surface area contributed by atoms with Crippen LogP contribution in [-0.4, -0.2) is 65.9 Å². The van der Waals surface area contributed by atoms with E-state index in [1.807, 2.05) is 24.3 Å². The lowest BCUT2D eigenvalue weighted by Gasteiger charge is -2.43. The molecule has 2 saturated heterocycles. The number of likely N-dealkylation sites (tertiary alicyclic amines) is 1. The van der Waals surface area contributed by atoms with Crippen LogP contribution in [0.2, 0.25) is 0 Å². The molecule has 0 radical (unpaired) electrons. The number of hydrogen-bond acceptors (Lipinski definition) is 5. The van der Waals surface area contributed by atoms with Gasteiger partial charge >= 0.3 is 12.1 Å². The molecule has 0 bridgehead atoms. The topological polar surface area (TPSA) is 105 Å². The average molecular weight is 479 g/mol. The van der Waals surface area contributed by atoms with Crippen LogP contribution >= 0.6 is 0 Å². The molecule has 0 aromatic heterocycles. The van der Waals surface area contributed by atoms with Gasteiger partial charge in [0.25, 0.3) is 0 Å². The van der Waals surface area contributed by atoms with Gasteiger partial charge in [0.1, 0.15) is 12.1 Å². The number of rotatable bonds is 5. The maximum absolute atomic E-state index is 13.3. The number of carbonyl (C=O) groups excluding carboxylic acids is 2. The summed E-state index contributed by atoms with van der Waals surface area (Å²) < 4.78 is 11.1. The number of carboxylic acids is 1. The molecule has 5 rings (SSSR count). The Morgan fingerprint density at radius 2 is 1.71 bits per heavy atom. The van der Waals surface area contributed by atoms with E-state index < -0.39 is 29.6 Å². The summed E-state index contributed by atoms with van der Waals surface area (Å²) in [7, 11) is 0. The number of amides is 2. The normalized spacial score (nSPS) is 25.6. The van der Waals surface area contributed by atoms with E-state index >= 15 is 0 Å². The lowest BCUT2D eigenvalue weighted by molar-refractivity contribution is -0.163. The van der Waals surface area contributed by atoms with Gasteiger partial charge in [0.15, 0.2) is 0 Å². The van der Waals surface area contributed by atoms with Crippen molar-refractivity contribution in [2.75, 3.05) is 26.4 Å². The van der Waals surface area contributed by atoms with Crippen molar-refractivity contribution in [3.8, 4) is 11.1 Å². The molecule has 3 atom stereocenters. The van der Waals surface area contributed by atoms with Crippen molar-refractivity contribution in [3.05, 3.63) is 59.7 Å². The van der Waals surface area contributed by atoms with Crippen molar-refractivity contribution >= 4 is 18.0 Å². The Labute approximate surface area is 204 Å². The second-order valence-corrected chi connectivity index (χ2v) is 9.75. The van der Waals surface area contributed by atoms with Crippen molar-refractivity contribution in [1.29, 1.82) is 0 Å². The third-order valence-electron chi connectivity index (χ3n) is 7.66. The van der Waals surface area contributed by atoms with Crippen LogP contribution in [-0.2, 0) is 19.1 Å². The molecule has 2 N–H and O–H groups in total. The predicted octanol–water partition coefficient (Wildman–Crippen LogP) is 3.40. The van der Waals surface area contributed by atoms with Crippen molar-refractivity contribution in [2.24, 2.45) is 5.92 Å². The number of nitrogens with zero attached hydrogens (tertiary/aromatic N) is 1. The molecule has 3 unspecified atom stereocenters. The third-order valence-corrected chi connectivity index (χ3v) is 7.66.